The molecular weight excluding hydrogens is 820 g/mol. The zero-order chi connectivity index (χ0) is 35.7. The van der Waals surface area contributed by atoms with Gasteiger partial charge in [0.25, 0.3) is 0 Å². The van der Waals surface area contributed by atoms with Crippen LogP contribution >= 0.6 is 0 Å². The minimum atomic E-state index is 0.0133. The van der Waals surface area contributed by atoms with Gasteiger partial charge in [-0.1, -0.05) is 32.9 Å². The third-order valence-electron chi connectivity index (χ3n) is 11.1. The zero-order valence-corrected chi connectivity index (χ0v) is 32.6. The van der Waals surface area contributed by atoms with Crippen molar-refractivity contribution in [2.45, 2.75) is 65.7 Å². The molecule has 0 saturated heterocycles. The minimum absolute atomic E-state index is 0.0133. The normalized spacial score (nSPS) is 13.3. The second-order valence-electron chi connectivity index (χ2n) is 15.2. The third kappa shape index (κ3) is 5.58. The maximum absolute atomic E-state index is 6.67. The molecule has 2 aliphatic heterocycles. The van der Waals surface area contributed by atoms with Crippen LogP contribution in [0, 0.1) is 17.7 Å². The Hall–Kier alpha value is -4.99. The summed E-state index contributed by atoms with van der Waals surface area (Å²) in [5.74, 6) is 2.49. The molecular formula is C46H42N4OPt. The quantitative estimate of drug-likeness (QED) is 0.177. The summed E-state index contributed by atoms with van der Waals surface area (Å²) >= 11 is 2.50. The molecule has 0 fully saturated rings. The van der Waals surface area contributed by atoms with E-state index < -0.39 is 0 Å². The van der Waals surface area contributed by atoms with Crippen LogP contribution in [0.4, 0.5) is 0 Å². The molecule has 0 radical (unpaired) electrons. The average molecular weight is 862 g/mol. The second-order valence-corrected chi connectivity index (χ2v) is 16.2. The predicted molar refractivity (Wildman–Crippen MR) is 208 cm³/mol. The molecule has 0 amide bonds. The summed E-state index contributed by atoms with van der Waals surface area (Å²) in [5.41, 5.74) is 14.3. The van der Waals surface area contributed by atoms with Crippen molar-refractivity contribution in [1.82, 2.24) is 18.5 Å². The number of nitrogens with zero attached hydrogens (tertiary/aromatic N) is 4. The molecule has 2 aliphatic carbocycles. The molecule has 4 aliphatic rings. The number of para-hydroxylation sites is 1. The summed E-state index contributed by atoms with van der Waals surface area (Å²) in [7, 11) is 0. The SMILES string of the molecule is Cc1c2ccc(c1C)CCc1ccc(c3cn(-c4cccc(Oc5ccc6c7ccccc7n(-c7cc(C(C)(C)C)ccn7)c6c5)c4)[c](=[Pt])n13)CC2. The van der Waals surface area contributed by atoms with Gasteiger partial charge in [-0.15, -0.1) is 0 Å². The summed E-state index contributed by atoms with van der Waals surface area (Å²) < 4.78 is 14.9. The van der Waals surface area contributed by atoms with Crippen LogP contribution in [0.25, 0.3) is 38.8 Å². The summed E-state index contributed by atoms with van der Waals surface area (Å²) in [5, 5.41) is 2.37. The molecule has 8 aromatic rings. The number of hydrogen-bond donors (Lipinski definition) is 0. The summed E-state index contributed by atoms with van der Waals surface area (Å²) in [6, 6.07) is 37.2. The van der Waals surface area contributed by atoms with E-state index in [1.54, 1.807) is 0 Å². The number of fused-ring (bicyclic) bond motifs is 3. The molecule has 262 valence electrons. The molecule has 6 heterocycles. The van der Waals surface area contributed by atoms with Gasteiger partial charge >= 0.3 is 261 Å². The molecule has 0 spiro atoms. The van der Waals surface area contributed by atoms with Gasteiger partial charge in [0.15, 0.2) is 0 Å². The second kappa shape index (κ2) is 12.6. The Morgan fingerprint density at radius 1 is 0.654 bits per heavy atom. The zero-order valence-electron chi connectivity index (χ0n) is 30.3. The van der Waals surface area contributed by atoms with Crippen LogP contribution < -0.4 is 4.74 Å². The number of pyridine rings is 2. The van der Waals surface area contributed by atoms with E-state index in [-0.39, 0.29) is 5.41 Å². The predicted octanol–water partition coefficient (Wildman–Crippen LogP) is 10.9. The Kier molecular flexibility index (Phi) is 7.97. The fourth-order valence-corrected chi connectivity index (χ4v) is 9.00. The first-order valence-corrected chi connectivity index (χ1v) is 19.3. The van der Waals surface area contributed by atoms with Crippen molar-refractivity contribution in [1.29, 1.82) is 0 Å². The molecule has 4 bridgehead atoms. The van der Waals surface area contributed by atoms with Crippen molar-refractivity contribution in [3.8, 4) is 23.0 Å². The van der Waals surface area contributed by atoms with E-state index in [0.717, 1.165) is 59.7 Å². The Balaban J connectivity index is 1.10. The van der Waals surface area contributed by atoms with Gasteiger partial charge in [-0.2, -0.15) is 0 Å². The van der Waals surface area contributed by atoms with Crippen LogP contribution in [0.5, 0.6) is 11.5 Å². The Labute approximate surface area is 315 Å². The number of aryl methyl sites for hydroxylation is 4. The first-order valence-electron chi connectivity index (χ1n) is 18.2. The molecule has 5 nitrogen and oxygen atoms in total. The van der Waals surface area contributed by atoms with Crippen molar-refractivity contribution in [3.05, 3.63) is 158 Å². The first kappa shape index (κ1) is 32.9. The van der Waals surface area contributed by atoms with E-state index in [9.17, 15) is 0 Å². The van der Waals surface area contributed by atoms with Crippen LogP contribution in [-0.2, 0) is 50.5 Å². The standard InChI is InChI=1S/C46H42N4O.Pt/c1-30-31(2)33-14-13-32(30)15-16-34-18-20-36(19-17-33)49-29-48(28-44(34)49)37-9-8-10-38(26-37)51-39-21-22-41-40-11-6-7-12-42(40)50(43(41)27-39)45-25-35(23-24-47-45)46(3,4)5;/h6-14,18,20-28H,15-17,19H2,1-5H3;. The van der Waals surface area contributed by atoms with Gasteiger partial charge < -0.3 is 0 Å². The monoisotopic (exact) mass is 861 g/mol. The Bertz CT molecular complexity index is 2760. The molecule has 0 N–H and O–H groups in total. The Morgan fingerprint density at radius 3 is 2.17 bits per heavy atom. The topological polar surface area (TPSA) is 36.4 Å². The van der Waals surface area contributed by atoms with Gasteiger partial charge in [0.1, 0.15) is 0 Å². The van der Waals surface area contributed by atoms with Crippen molar-refractivity contribution in [2.24, 2.45) is 0 Å². The van der Waals surface area contributed by atoms with E-state index >= 15 is 0 Å². The summed E-state index contributed by atoms with van der Waals surface area (Å²) in [4.78, 5) is 4.86. The van der Waals surface area contributed by atoms with Crippen LogP contribution in [0.2, 0.25) is 0 Å². The van der Waals surface area contributed by atoms with E-state index in [0.29, 0.717) is 0 Å². The molecule has 0 saturated carbocycles. The van der Waals surface area contributed by atoms with E-state index in [4.69, 9.17) is 9.72 Å². The number of hydrogen-bond acceptors (Lipinski definition) is 2. The number of aromatic nitrogens is 4. The molecule has 6 heteroatoms. The van der Waals surface area contributed by atoms with Crippen molar-refractivity contribution >= 4 is 27.3 Å². The number of benzene rings is 4. The van der Waals surface area contributed by atoms with Crippen molar-refractivity contribution in [2.75, 3.05) is 0 Å². The first-order chi connectivity index (χ1) is 25.1. The fourth-order valence-electron chi connectivity index (χ4n) is 7.96. The van der Waals surface area contributed by atoms with E-state index in [2.05, 4.69) is 171 Å². The average Bonchev–Trinajstić information content (AvgIpc) is 3.66. The van der Waals surface area contributed by atoms with Gasteiger partial charge in [-0.3, -0.25) is 0 Å². The molecule has 0 unspecified atom stereocenters. The van der Waals surface area contributed by atoms with Gasteiger partial charge in [-0.25, -0.2) is 0 Å². The molecule has 4 aromatic heterocycles. The Morgan fingerprint density at radius 2 is 1.37 bits per heavy atom. The molecule has 4 aromatic carbocycles. The maximum atomic E-state index is 6.67. The van der Waals surface area contributed by atoms with Crippen molar-refractivity contribution < 1.29 is 24.1 Å². The van der Waals surface area contributed by atoms with Crippen LogP contribution in [-0.4, -0.2) is 18.5 Å². The molecule has 12 rings (SSSR count). The van der Waals surface area contributed by atoms with Gasteiger partial charge in [0, 0.05) is 6.20 Å². The van der Waals surface area contributed by atoms with Crippen LogP contribution in [0.15, 0.2) is 116 Å². The van der Waals surface area contributed by atoms with Crippen LogP contribution in [0.3, 0.4) is 0 Å². The van der Waals surface area contributed by atoms with Crippen LogP contribution in [0.1, 0.15) is 59.8 Å². The van der Waals surface area contributed by atoms with Gasteiger partial charge in [0.2, 0.25) is 0 Å². The van der Waals surface area contributed by atoms with E-state index in [1.165, 1.54) is 59.2 Å². The molecule has 52 heavy (non-hydrogen) atoms. The number of rotatable bonds is 4. The number of ether oxygens (including phenoxy) is 1. The number of imidazole rings is 1. The van der Waals surface area contributed by atoms with Crippen molar-refractivity contribution in [3.63, 3.8) is 0 Å². The summed E-state index contributed by atoms with van der Waals surface area (Å²) in [6.07, 6.45) is 8.29. The third-order valence-corrected chi connectivity index (χ3v) is 12.1. The van der Waals surface area contributed by atoms with Gasteiger partial charge in [-0.05, 0) is 17.0 Å². The van der Waals surface area contributed by atoms with Gasteiger partial charge in [0.05, 0.1) is 0 Å². The fraction of sp³-hybridized carbons (Fsp3) is 0.217. The summed E-state index contributed by atoms with van der Waals surface area (Å²) in [6.45, 7) is 11.3. The molecule has 0 atom stereocenters. The van der Waals surface area contributed by atoms with E-state index in [1.807, 2.05) is 12.3 Å².